The van der Waals surface area contributed by atoms with Gasteiger partial charge in [-0.15, -0.1) is 0 Å². The van der Waals surface area contributed by atoms with Crippen LogP contribution in [0, 0.1) is 11.3 Å². The summed E-state index contributed by atoms with van der Waals surface area (Å²) < 4.78 is 27.4. The molecule has 1 saturated heterocycles. The van der Waals surface area contributed by atoms with Crippen molar-refractivity contribution in [3.8, 4) is 6.07 Å². The molecule has 8 nitrogen and oxygen atoms in total. The standard InChI is InChI=1S/C23H27N5O3S/c1-27-14-19(15-28(2)32(27,30)31)17-8-9-18(21(10-17)16-6-4-3-5-7-16)11-22(29)23-25-13-20(12-24)26-23/h6,8-10,13,19H,3-5,7,11,14-15H2,1-2H3,(H,25,26). The predicted octanol–water partition coefficient (Wildman–Crippen LogP) is 2.87. The van der Waals surface area contributed by atoms with Gasteiger partial charge in [0.2, 0.25) is 5.78 Å². The van der Waals surface area contributed by atoms with Crippen molar-refractivity contribution in [2.45, 2.75) is 38.0 Å². The molecule has 2 aromatic rings. The van der Waals surface area contributed by atoms with Gasteiger partial charge in [0.05, 0.1) is 6.20 Å². The van der Waals surface area contributed by atoms with Gasteiger partial charge >= 0.3 is 0 Å². The highest BCUT2D eigenvalue weighted by Gasteiger charge is 2.34. The summed E-state index contributed by atoms with van der Waals surface area (Å²) in [5, 5.41) is 8.98. The van der Waals surface area contributed by atoms with Gasteiger partial charge in [0, 0.05) is 39.5 Å². The molecular weight excluding hydrogens is 426 g/mol. The van der Waals surface area contributed by atoms with E-state index in [1.807, 2.05) is 18.2 Å². The molecule has 0 saturated carbocycles. The number of benzene rings is 1. The number of carbonyl (C=O) groups is 1. The number of H-pyrrole nitrogens is 1. The van der Waals surface area contributed by atoms with Crippen LogP contribution in [0.2, 0.25) is 0 Å². The summed E-state index contributed by atoms with van der Waals surface area (Å²) in [7, 11) is -0.178. The average Bonchev–Trinajstić information content (AvgIpc) is 3.28. The second-order valence-electron chi connectivity index (χ2n) is 8.51. The highest BCUT2D eigenvalue weighted by atomic mass is 32.2. The second-order valence-corrected chi connectivity index (χ2v) is 10.7. The minimum absolute atomic E-state index is 0.0458. The van der Waals surface area contributed by atoms with Gasteiger partial charge in [0.15, 0.2) is 5.82 Å². The van der Waals surface area contributed by atoms with Gasteiger partial charge in [-0.3, -0.25) is 4.79 Å². The topological polar surface area (TPSA) is 110 Å². The summed E-state index contributed by atoms with van der Waals surface area (Å²) >= 11 is 0. The first kappa shape index (κ1) is 22.4. The number of aromatic nitrogens is 2. The maximum Gasteiger partial charge on any atom is 0.281 e. The molecule has 0 unspecified atom stereocenters. The Morgan fingerprint density at radius 1 is 1.25 bits per heavy atom. The lowest BCUT2D eigenvalue weighted by molar-refractivity contribution is 0.0984. The molecule has 168 valence electrons. The summed E-state index contributed by atoms with van der Waals surface area (Å²) in [6.45, 7) is 0.847. The number of imidazole rings is 1. The summed E-state index contributed by atoms with van der Waals surface area (Å²) in [6.07, 6.45) is 8.06. The molecule has 1 aliphatic carbocycles. The Hall–Kier alpha value is -2.80. The molecule has 1 fully saturated rings. The fraction of sp³-hybridized carbons (Fsp3) is 0.435. The fourth-order valence-corrected chi connectivity index (χ4v) is 5.69. The minimum Gasteiger partial charge on any atom is -0.327 e. The number of nitrogens with zero attached hydrogens (tertiary/aromatic N) is 4. The first-order valence-electron chi connectivity index (χ1n) is 10.8. The Kier molecular flexibility index (Phi) is 6.29. The number of carbonyl (C=O) groups excluding carboxylic acids is 1. The molecule has 0 spiro atoms. The number of nitriles is 1. The highest BCUT2D eigenvalue weighted by Crippen LogP contribution is 2.33. The van der Waals surface area contributed by atoms with Crippen LogP contribution in [0.3, 0.4) is 0 Å². The highest BCUT2D eigenvalue weighted by molar-refractivity contribution is 7.86. The smallest absolute Gasteiger partial charge is 0.281 e. The monoisotopic (exact) mass is 453 g/mol. The van der Waals surface area contributed by atoms with Crippen LogP contribution in [0.5, 0.6) is 0 Å². The number of ketones is 1. The van der Waals surface area contributed by atoms with Crippen LogP contribution in [-0.2, 0) is 16.6 Å². The Morgan fingerprint density at radius 2 is 2.00 bits per heavy atom. The average molecular weight is 454 g/mol. The fourth-order valence-electron chi connectivity index (χ4n) is 4.48. The normalized spacial score (nSPS) is 20.0. The summed E-state index contributed by atoms with van der Waals surface area (Å²) in [6, 6.07) is 8.07. The van der Waals surface area contributed by atoms with E-state index in [9.17, 15) is 13.2 Å². The van der Waals surface area contributed by atoms with Crippen molar-refractivity contribution < 1.29 is 13.2 Å². The second kappa shape index (κ2) is 8.98. The molecule has 0 atom stereocenters. The van der Waals surface area contributed by atoms with Gasteiger partial charge in [0.25, 0.3) is 10.2 Å². The molecule has 0 bridgehead atoms. The van der Waals surface area contributed by atoms with Crippen LogP contribution in [0.1, 0.15) is 64.6 Å². The first-order chi connectivity index (χ1) is 15.3. The molecular formula is C23H27N5O3S. The van der Waals surface area contributed by atoms with E-state index in [0.717, 1.165) is 42.4 Å². The Morgan fingerprint density at radius 3 is 2.62 bits per heavy atom. The first-order valence-corrected chi connectivity index (χ1v) is 12.2. The number of hydrogen-bond donors (Lipinski definition) is 1. The van der Waals surface area contributed by atoms with Gasteiger partial charge in [0.1, 0.15) is 11.8 Å². The molecule has 9 heteroatoms. The van der Waals surface area contributed by atoms with E-state index in [0.29, 0.717) is 13.1 Å². The van der Waals surface area contributed by atoms with Crippen molar-refractivity contribution >= 4 is 21.6 Å². The lowest BCUT2D eigenvalue weighted by Crippen LogP contribution is -2.49. The van der Waals surface area contributed by atoms with Crippen LogP contribution in [0.25, 0.3) is 5.57 Å². The summed E-state index contributed by atoms with van der Waals surface area (Å²) in [5.74, 6) is 0.0690. The molecule has 2 aliphatic rings. The van der Waals surface area contributed by atoms with E-state index in [-0.39, 0.29) is 29.6 Å². The molecule has 2 heterocycles. The molecule has 0 radical (unpaired) electrons. The molecule has 1 aliphatic heterocycles. The van der Waals surface area contributed by atoms with Crippen molar-refractivity contribution in [2.24, 2.45) is 0 Å². The van der Waals surface area contributed by atoms with E-state index in [1.54, 1.807) is 14.1 Å². The number of nitrogens with one attached hydrogen (secondary N) is 1. The molecule has 1 aromatic carbocycles. The van der Waals surface area contributed by atoms with E-state index in [4.69, 9.17) is 5.26 Å². The van der Waals surface area contributed by atoms with Crippen LogP contribution in [0.15, 0.2) is 30.5 Å². The van der Waals surface area contributed by atoms with Gasteiger partial charge in [-0.05, 0) is 47.9 Å². The van der Waals surface area contributed by atoms with Crippen LogP contribution in [-0.4, -0.2) is 60.0 Å². The van der Waals surface area contributed by atoms with Gasteiger partial charge in [-0.25, -0.2) is 4.98 Å². The van der Waals surface area contributed by atoms with Crippen LogP contribution >= 0.6 is 0 Å². The summed E-state index contributed by atoms with van der Waals surface area (Å²) in [4.78, 5) is 19.6. The zero-order chi connectivity index (χ0) is 22.9. The van der Waals surface area contributed by atoms with Crippen molar-refractivity contribution in [1.29, 1.82) is 5.26 Å². The zero-order valence-corrected chi connectivity index (χ0v) is 19.2. The van der Waals surface area contributed by atoms with Gasteiger partial charge in [-0.2, -0.15) is 22.3 Å². The number of aromatic amines is 1. The molecule has 1 aromatic heterocycles. The largest absolute Gasteiger partial charge is 0.327 e. The third-order valence-electron chi connectivity index (χ3n) is 6.30. The van der Waals surface area contributed by atoms with Gasteiger partial charge < -0.3 is 4.98 Å². The Labute approximate surface area is 188 Å². The lowest BCUT2D eigenvalue weighted by Gasteiger charge is -2.36. The van der Waals surface area contributed by atoms with Crippen molar-refractivity contribution in [3.63, 3.8) is 0 Å². The van der Waals surface area contributed by atoms with Crippen molar-refractivity contribution in [3.05, 3.63) is 58.7 Å². The number of rotatable bonds is 5. The molecule has 0 amide bonds. The van der Waals surface area contributed by atoms with Gasteiger partial charge in [-0.1, -0.05) is 24.3 Å². The maximum absolute atomic E-state index is 12.8. The van der Waals surface area contributed by atoms with Crippen LogP contribution < -0.4 is 0 Å². The Bertz CT molecular complexity index is 1190. The quantitative estimate of drug-likeness (QED) is 0.700. The van der Waals surface area contributed by atoms with E-state index in [1.165, 1.54) is 20.4 Å². The molecule has 4 rings (SSSR count). The third-order valence-corrected chi connectivity index (χ3v) is 8.17. The third kappa shape index (κ3) is 4.39. The minimum atomic E-state index is -3.39. The predicted molar refractivity (Wildman–Crippen MR) is 121 cm³/mol. The van der Waals surface area contributed by atoms with E-state index < -0.39 is 10.2 Å². The zero-order valence-electron chi connectivity index (χ0n) is 18.3. The van der Waals surface area contributed by atoms with E-state index >= 15 is 0 Å². The number of hydrogen-bond acceptors (Lipinski definition) is 5. The number of allylic oxidation sites excluding steroid dienone is 2. The maximum atomic E-state index is 12.8. The Balaban J connectivity index is 1.66. The van der Waals surface area contributed by atoms with Crippen LogP contribution in [0.4, 0.5) is 0 Å². The molecule has 1 N–H and O–H groups in total. The number of likely N-dealkylation sites (N-methyl/N-ethyl adjacent to an activating group) is 2. The number of Topliss-reactive ketones (excluding diaryl/α,β-unsaturated/α-hetero) is 1. The van der Waals surface area contributed by atoms with Crippen molar-refractivity contribution in [1.82, 2.24) is 18.6 Å². The SMILES string of the molecule is CN1CC(c2ccc(CC(=O)c3ncc(C#N)[nH]3)c(C3=CCCCC3)c2)CN(C)S1(=O)=O. The van der Waals surface area contributed by atoms with Crippen molar-refractivity contribution in [2.75, 3.05) is 27.2 Å². The molecule has 32 heavy (non-hydrogen) atoms. The summed E-state index contributed by atoms with van der Waals surface area (Å²) in [5.41, 5.74) is 4.55. The lowest BCUT2D eigenvalue weighted by atomic mass is 9.86. The van der Waals surface area contributed by atoms with E-state index in [2.05, 4.69) is 22.1 Å².